The number of nitrogens with zero attached hydrogens (tertiary/aromatic N) is 1. The average Bonchev–Trinajstić information content (AvgIpc) is 2.84. The van der Waals surface area contributed by atoms with Crippen LogP contribution in [0.3, 0.4) is 0 Å². The van der Waals surface area contributed by atoms with Crippen LogP contribution in [0.2, 0.25) is 0 Å². The number of aromatic nitrogens is 2. The van der Waals surface area contributed by atoms with E-state index in [-0.39, 0.29) is 0 Å². The lowest BCUT2D eigenvalue weighted by molar-refractivity contribution is 1.10. The van der Waals surface area contributed by atoms with Gasteiger partial charge in [0.2, 0.25) is 0 Å². The highest BCUT2D eigenvalue weighted by Crippen LogP contribution is 2.37. The maximum absolute atomic E-state index is 6.08. The standard InChI is InChI=1S/C16H13BrIN3/c1-9-2-4-10(5-3-9)14-15(20-21-16(14)19)12-8-11(17)6-7-13(12)18/h2-8H,1H3,(H3,19,20,21). The first kappa shape index (κ1) is 14.6. The number of aromatic amines is 1. The molecule has 3 rings (SSSR count). The Morgan fingerprint density at radius 1 is 1.14 bits per heavy atom. The molecule has 0 bridgehead atoms. The number of nitrogen functional groups attached to an aromatic ring is 1. The van der Waals surface area contributed by atoms with Crippen molar-refractivity contribution in [1.29, 1.82) is 0 Å². The first-order chi connectivity index (χ1) is 10.1. The fourth-order valence-electron chi connectivity index (χ4n) is 2.25. The summed E-state index contributed by atoms with van der Waals surface area (Å²) in [5, 5.41) is 7.27. The van der Waals surface area contributed by atoms with Crippen molar-refractivity contribution in [2.24, 2.45) is 0 Å². The number of nitrogens with one attached hydrogen (secondary N) is 1. The van der Waals surface area contributed by atoms with Crippen molar-refractivity contribution >= 4 is 44.3 Å². The molecule has 0 saturated heterocycles. The molecule has 21 heavy (non-hydrogen) atoms. The van der Waals surface area contributed by atoms with E-state index in [1.165, 1.54) is 5.56 Å². The van der Waals surface area contributed by atoms with E-state index >= 15 is 0 Å². The maximum atomic E-state index is 6.08. The lowest BCUT2D eigenvalue weighted by atomic mass is 10.00. The summed E-state index contributed by atoms with van der Waals surface area (Å²) in [5.41, 5.74) is 11.4. The molecule has 0 unspecified atom stereocenters. The average molecular weight is 454 g/mol. The Morgan fingerprint density at radius 2 is 1.86 bits per heavy atom. The Morgan fingerprint density at radius 3 is 2.57 bits per heavy atom. The molecule has 3 N–H and O–H groups in total. The number of hydrogen-bond donors (Lipinski definition) is 2. The van der Waals surface area contributed by atoms with Gasteiger partial charge in [-0.15, -0.1) is 0 Å². The maximum Gasteiger partial charge on any atom is 0.153 e. The topological polar surface area (TPSA) is 54.7 Å². The normalized spacial score (nSPS) is 10.8. The smallest absolute Gasteiger partial charge is 0.153 e. The van der Waals surface area contributed by atoms with E-state index in [1.807, 2.05) is 6.07 Å². The second-order valence-corrected chi connectivity index (χ2v) is 6.93. The molecule has 106 valence electrons. The van der Waals surface area contributed by atoms with E-state index in [2.05, 4.69) is 92.0 Å². The van der Waals surface area contributed by atoms with Gasteiger partial charge in [0.15, 0.2) is 5.82 Å². The Balaban J connectivity index is 2.21. The molecular formula is C16H13BrIN3. The molecular weight excluding hydrogens is 441 g/mol. The number of anilines is 1. The largest absolute Gasteiger partial charge is 0.382 e. The van der Waals surface area contributed by atoms with E-state index in [4.69, 9.17) is 5.73 Å². The zero-order valence-corrected chi connectivity index (χ0v) is 15.1. The number of rotatable bonds is 2. The molecule has 3 aromatic rings. The molecule has 0 aliphatic rings. The van der Waals surface area contributed by atoms with Crippen molar-refractivity contribution in [1.82, 2.24) is 10.2 Å². The van der Waals surface area contributed by atoms with Crippen LogP contribution in [-0.2, 0) is 0 Å². The van der Waals surface area contributed by atoms with Crippen LogP contribution >= 0.6 is 38.5 Å². The molecule has 0 radical (unpaired) electrons. The minimum absolute atomic E-state index is 0.518. The number of benzene rings is 2. The molecule has 1 aromatic heterocycles. The van der Waals surface area contributed by atoms with Crippen molar-refractivity contribution in [2.75, 3.05) is 5.73 Å². The summed E-state index contributed by atoms with van der Waals surface area (Å²) in [6.45, 7) is 2.07. The number of hydrogen-bond acceptors (Lipinski definition) is 2. The van der Waals surface area contributed by atoms with Crippen molar-refractivity contribution in [3.63, 3.8) is 0 Å². The number of halogens is 2. The molecule has 0 amide bonds. The van der Waals surface area contributed by atoms with Crippen LogP contribution < -0.4 is 5.73 Å². The number of H-pyrrole nitrogens is 1. The van der Waals surface area contributed by atoms with Gasteiger partial charge in [0, 0.05) is 13.6 Å². The minimum Gasteiger partial charge on any atom is -0.382 e. The van der Waals surface area contributed by atoms with Gasteiger partial charge in [0.25, 0.3) is 0 Å². The summed E-state index contributed by atoms with van der Waals surface area (Å²) in [5.74, 6) is 0.518. The van der Waals surface area contributed by atoms with Crippen LogP contribution in [0.4, 0.5) is 5.82 Å². The van der Waals surface area contributed by atoms with Gasteiger partial charge < -0.3 is 5.73 Å². The van der Waals surface area contributed by atoms with E-state index < -0.39 is 0 Å². The first-order valence-corrected chi connectivity index (χ1v) is 8.30. The highest BCUT2D eigenvalue weighted by atomic mass is 127. The zero-order chi connectivity index (χ0) is 15.0. The third kappa shape index (κ3) is 2.85. The Hall–Kier alpha value is -1.34. The molecule has 2 aromatic carbocycles. The summed E-state index contributed by atoms with van der Waals surface area (Å²) < 4.78 is 2.17. The predicted molar refractivity (Wildman–Crippen MR) is 99.0 cm³/mol. The quantitative estimate of drug-likeness (QED) is 0.536. The van der Waals surface area contributed by atoms with Gasteiger partial charge in [-0.05, 0) is 53.3 Å². The molecule has 0 saturated carbocycles. The fraction of sp³-hybridized carbons (Fsp3) is 0.0625. The fourth-order valence-corrected chi connectivity index (χ4v) is 3.22. The summed E-state index contributed by atoms with van der Waals surface area (Å²) in [4.78, 5) is 0. The molecule has 3 nitrogen and oxygen atoms in total. The number of nitrogens with two attached hydrogens (primary N) is 1. The van der Waals surface area contributed by atoms with Gasteiger partial charge in [0.1, 0.15) is 0 Å². The monoisotopic (exact) mass is 453 g/mol. The van der Waals surface area contributed by atoms with Crippen molar-refractivity contribution in [3.8, 4) is 22.4 Å². The molecule has 0 fully saturated rings. The van der Waals surface area contributed by atoms with E-state index in [9.17, 15) is 0 Å². The van der Waals surface area contributed by atoms with Gasteiger partial charge in [-0.1, -0.05) is 45.8 Å². The van der Waals surface area contributed by atoms with Crippen molar-refractivity contribution in [3.05, 3.63) is 56.1 Å². The SMILES string of the molecule is Cc1ccc(-c2c(N)n[nH]c2-c2cc(Br)ccc2I)cc1. The van der Waals surface area contributed by atoms with E-state index in [1.54, 1.807) is 0 Å². The lowest BCUT2D eigenvalue weighted by Gasteiger charge is -2.08. The van der Waals surface area contributed by atoms with Gasteiger partial charge in [-0.25, -0.2) is 0 Å². The second-order valence-electron chi connectivity index (χ2n) is 4.85. The van der Waals surface area contributed by atoms with E-state index in [0.717, 1.165) is 30.4 Å². The Labute approximate surface area is 145 Å². The van der Waals surface area contributed by atoms with Crippen LogP contribution in [0.5, 0.6) is 0 Å². The molecule has 5 heteroatoms. The molecule has 0 aliphatic heterocycles. The summed E-state index contributed by atoms with van der Waals surface area (Å²) in [6, 6.07) is 14.5. The molecule has 0 aliphatic carbocycles. The summed E-state index contributed by atoms with van der Waals surface area (Å²) in [7, 11) is 0. The summed E-state index contributed by atoms with van der Waals surface area (Å²) >= 11 is 5.84. The van der Waals surface area contributed by atoms with Gasteiger partial charge in [-0.2, -0.15) is 5.10 Å². The van der Waals surface area contributed by atoms with Gasteiger partial charge in [0.05, 0.1) is 11.3 Å². The Kier molecular flexibility index (Phi) is 4.03. The molecule has 0 atom stereocenters. The summed E-state index contributed by atoms with van der Waals surface area (Å²) in [6.07, 6.45) is 0. The van der Waals surface area contributed by atoms with E-state index in [0.29, 0.717) is 5.82 Å². The first-order valence-electron chi connectivity index (χ1n) is 6.42. The van der Waals surface area contributed by atoms with Crippen molar-refractivity contribution < 1.29 is 0 Å². The molecule has 0 spiro atoms. The highest BCUT2D eigenvalue weighted by molar-refractivity contribution is 14.1. The second kappa shape index (κ2) is 5.81. The van der Waals surface area contributed by atoms with Crippen LogP contribution in [0.25, 0.3) is 22.4 Å². The van der Waals surface area contributed by atoms with Crippen LogP contribution in [-0.4, -0.2) is 10.2 Å². The highest BCUT2D eigenvalue weighted by Gasteiger charge is 2.16. The lowest BCUT2D eigenvalue weighted by Crippen LogP contribution is -1.90. The molecule has 1 heterocycles. The van der Waals surface area contributed by atoms with Gasteiger partial charge >= 0.3 is 0 Å². The Bertz CT molecular complexity index is 794. The number of aryl methyl sites for hydroxylation is 1. The van der Waals surface area contributed by atoms with Crippen LogP contribution in [0, 0.1) is 10.5 Å². The van der Waals surface area contributed by atoms with Gasteiger partial charge in [-0.3, -0.25) is 5.10 Å². The van der Waals surface area contributed by atoms with Crippen LogP contribution in [0.15, 0.2) is 46.9 Å². The third-order valence-corrected chi connectivity index (χ3v) is 4.77. The predicted octanol–water partition coefficient (Wildman–Crippen LogP) is 5.00. The van der Waals surface area contributed by atoms with Crippen LogP contribution in [0.1, 0.15) is 5.56 Å². The van der Waals surface area contributed by atoms with Crippen molar-refractivity contribution in [2.45, 2.75) is 6.92 Å². The zero-order valence-electron chi connectivity index (χ0n) is 11.3. The third-order valence-electron chi connectivity index (χ3n) is 3.33. The minimum atomic E-state index is 0.518.